The number of ether oxygens (including phenoxy) is 2. The van der Waals surface area contributed by atoms with Gasteiger partial charge >= 0.3 is 12.1 Å². The molecule has 138 valence electrons. The van der Waals surface area contributed by atoms with Crippen LogP contribution >= 0.6 is 0 Å². The Kier molecular flexibility index (Phi) is 5.49. The summed E-state index contributed by atoms with van der Waals surface area (Å²) in [6, 6.07) is 7.98. The number of hydrogen-bond donors (Lipinski definition) is 0. The Hall–Kier alpha value is -3.10. The first-order valence-corrected chi connectivity index (χ1v) is 7.34. The molecule has 0 aromatic heterocycles. The SMILES string of the molecule is COC(=O)c1ccc([N+](=O)[O-])cc1OC(C)c1ccccc1C(F)(F)F. The molecule has 0 aliphatic rings. The number of alkyl halides is 3. The van der Waals surface area contributed by atoms with Crippen LogP contribution in [0.5, 0.6) is 5.75 Å². The second-order valence-electron chi connectivity index (χ2n) is 5.27. The van der Waals surface area contributed by atoms with E-state index < -0.39 is 28.7 Å². The minimum absolute atomic E-state index is 0.130. The van der Waals surface area contributed by atoms with Gasteiger partial charge in [-0.1, -0.05) is 18.2 Å². The second kappa shape index (κ2) is 7.42. The van der Waals surface area contributed by atoms with Crippen LogP contribution in [0.2, 0.25) is 0 Å². The summed E-state index contributed by atoms with van der Waals surface area (Å²) in [6.45, 7) is 1.35. The summed E-state index contributed by atoms with van der Waals surface area (Å²) >= 11 is 0. The molecule has 0 amide bonds. The molecule has 2 rings (SSSR count). The lowest BCUT2D eigenvalue weighted by atomic mass is 10.0. The standard InChI is InChI=1S/C17H14F3NO5/c1-10(12-5-3-4-6-14(12)17(18,19)20)26-15-9-11(21(23)24)7-8-13(15)16(22)25-2/h3-10H,1-2H3. The van der Waals surface area contributed by atoms with Crippen molar-refractivity contribution in [2.24, 2.45) is 0 Å². The quantitative estimate of drug-likeness (QED) is 0.439. The Morgan fingerprint density at radius 3 is 2.42 bits per heavy atom. The van der Waals surface area contributed by atoms with Gasteiger partial charge in [-0.2, -0.15) is 13.2 Å². The largest absolute Gasteiger partial charge is 0.485 e. The molecular formula is C17H14F3NO5. The Morgan fingerprint density at radius 2 is 1.85 bits per heavy atom. The fourth-order valence-corrected chi connectivity index (χ4v) is 2.36. The summed E-state index contributed by atoms with van der Waals surface area (Å²) in [7, 11) is 1.11. The molecule has 9 heteroatoms. The van der Waals surface area contributed by atoms with Crippen molar-refractivity contribution in [2.75, 3.05) is 7.11 Å². The van der Waals surface area contributed by atoms with Crippen LogP contribution in [0.25, 0.3) is 0 Å². The molecule has 0 aliphatic carbocycles. The van der Waals surface area contributed by atoms with Gasteiger partial charge in [0, 0.05) is 11.6 Å². The normalized spacial score (nSPS) is 12.3. The number of benzene rings is 2. The van der Waals surface area contributed by atoms with Crippen LogP contribution in [0.15, 0.2) is 42.5 Å². The highest BCUT2D eigenvalue weighted by Crippen LogP contribution is 2.37. The Morgan fingerprint density at radius 1 is 1.19 bits per heavy atom. The minimum Gasteiger partial charge on any atom is -0.485 e. The minimum atomic E-state index is -4.60. The topological polar surface area (TPSA) is 78.7 Å². The van der Waals surface area contributed by atoms with Crippen LogP contribution in [0.1, 0.15) is 34.5 Å². The number of esters is 1. The second-order valence-corrected chi connectivity index (χ2v) is 5.27. The summed E-state index contributed by atoms with van der Waals surface area (Å²) in [5.41, 5.74) is -1.56. The molecule has 0 bridgehead atoms. The van der Waals surface area contributed by atoms with Gasteiger partial charge in [0.05, 0.1) is 23.7 Å². The summed E-state index contributed by atoms with van der Waals surface area (Å²) in [5, 5.41) is 10.9. The number of non-ortho nitro benzene ring substituents is 1. The first kappa shape index (κ1) is 19.2. The lowest BCUT2D eigenvalue weighted by Gasteiger charge is -2.20. The van der Waals surface area contributed by atoms with Crippen molar-refractivity contribution in [1.82, 2.24) is 0 Å². The predicted molar refractivity (Wildman–Crippen MR) is 84.9 cm³/mol. The maximum atomic E-state index is 13.2. The van der Waals surface area contributed by atoms with E-state index in [0.717, 1.165) is 31.4 Å². The smallest absolute Gasteiger partial charge is 0.416 e. The first-order chi connectivity index (χ1) is 12.1. The highest BCUT2D eigenvalue weighted by molar-refractivity contribution is 5.92. The molecule has 0 radical (unpaired) electrons. The van der Waals surface area contributed by atoms with E-state index in [9.17, 15) is 28.1 Å². The summed E-state index contributed by atoms with van der Waals surface area (Å²) in [5.74, 6) is -1.07. The zero-order valence-corrected chi connectivity index (χ0v) is 13.7. The molecule has 0 heterocycles. The fraction of sp³-hybridized carbons (Fsp3) is 0.235. The van der Waals surface area contributed by atoms with Crippen LogP contribution in [-0.4, -0.2) is 18.0 Å². The van der Waals surface area contributed by atoms with E-state index >= 15 is 0 Å². The third kappa shape index (κ3) is 4.11. The lowest BCUT2D eigenvalue weighted by molar-refractivity contribution is -0.385. The Bertz CT molecular complexity index is 835. The van der Waals surface area contributed by atoms with Gasteiger partial charge in [0.25, 0.3) is 5.69 Å². The maximum Gasteiger partial charge on any atom is 0.416 e. The van der Waals surface area contributed by atoms with E-state index in [0.29, 0.717) is 0 Å². The van der Waals surface area contributed by atoms with E-state index in [1.165, 1.54) is 25.1 Å². The van der Waals surface area contributed by atoms with E-state index in [1.807, 2.05) is 0 Å². The third-order valence-corrected chi connectivity index (χ3v) is 3.59. The van der Waals surface area contributed by atoms with Crippen LogP contribution in [0.3, 0.4) is 0 Å². The van der Waals surface area contributed by atoms with Crippen LogP contribution in [0, 0.1) is 10.1 Å². The molecule has 26 heavy (non-hydrogen) atoms. The molecule has 0 fully saturated rings. The molecule has 0 saturated heterocycles. The van der Waals surface area contributed by atoms with Gasteiger partial charge in [-0.3, -0.25) is 10.1 Å². The maximum absolute atomic E-state index is 13.2. The molecule has 6 nitrogen and oxygen atoms in total. The first-order valence-electron chi connectivity index (χ1n) is 7.34. The molecule has 2 aromatic rings. The molecule has 0 aliphatic heterocycles. The van der Waals surface area contributed by atoms with Gasteiger partial charge < -0.3 is 9.47 Å². The molecule has 1 unspecified atom stereocenters. The number of nitrogens with zero attached hydrogens (tertiary/aromatic N) is 1. The third-order valence-electron chi connectivity index (χ3n) is 3.59. The fourth-order valence-electron chi connectivity index (χ4n) is 2.36. The number of rotatable bonds is 5. The predicted octanol–water partition coefficient (Wildman–Crippen LogP) is 4.54. The van der Waals surface area contributed by atoms with Crippen molar-refractivity contribution in [2.45, 2.75) is 19.2 Å². The Labute approximate surface area is 146 Å². The average molecular weight is 369 g/mol. The van der Waals surface area contributed by atoms with E-state index in [2.05, 4.69) is 4.74 Å². The Balaban J connectivity index is 2.46. The van der Waals surface area contributed by atoms with Crippen molar-refractivity contribution < 1.29 is 32.4 Å². The molecular weight excluding hydrogens is 355 g/mol. The van der Waals surface area contributed by atoms with E-state index in [1.54, 1.807) is 0 Å². The summed E-state index contributed by atoms with van der Waals surface area (Å²) in [6.07, 6.45) is -5.72. The zero-order chi connectivity index (χ0) is 19.5. The van der Waals surface area contributed by atoms with Crippen LogP contribution in [-0.2, 0) is 10.9 Å². The number of carbonyl (C=O) groups excluding carboxylic acids is 1. The van der Waals surface area contributed by atoms with E-state index in [-0.39, 0.29) is 22.6 Å². The molecule has 1 atom stereocenters. The van der Waals surface area contributed by atoms with Crippen molar-refractivity contribution in [3.8, 4) is 5.75 Å². The van der Waals surface area contributed by atoms with Gasteiger partial charge in [0.2, 0.25) is 0 Å². The van der Waals surface area contributed by atoms with Crippen molar-refractivity contribution in [1.29, 1.82) is 0 Å². The van der Waals surface area contributed by atoms with Gasteiger partial charge in [0.15, 0.2) is 0 Å². The molecule has 0 spiro atoms. The van der Waals surface area contributed by atoms with Crippen molar-refractivity contribution in [3.05, 3.63) is 69.3 Å². The summed E-state index contributed by atoms with van der Waals surface area (Å²) < 4.78 is 49.5. The number of nitro benzene ring substituents is 1. The highest BCUT2D eigenvalue weighted by atomic mass is 19.4. The molecule has 0 N–H and O–H groups in total. The van der Waals surface area contributed by atoms with Crippen molar-refractivity contribution in [3.63, 3.8) is 0 Å². The zero-order valence-electron chi connectivity index (χ0n) is 13.7. The highest BCUT2D eigenvalue weighted by Gasteiger charge is 2.35. The van der Waals surface area contributed by atoms with E-state index in [4.69, 9.17) is 4.74 Å². The number of methoxy groups -OCH3 is 1. The lowest BCUT2D eigenvalue weighted by Crippen LogP contribution is -2.15. The van der Waals surface area contributed by atoms with Gasteiger partial charge in [-0.05, 0) is 19.1 Å². The average Bonchev–Trinajstić information content (AvgIpc) is 2.60. The van der Waals surface area contributed by atoms with Gasteiger partial charge in [-0.25, -0.2) is 4.79 Å². The van der Waals surface area contributed by atoms with Crippen molar-refractivity contribution >= 4 is 11.7 Å². The van der Waals surface area contributed by atoms with Crippen LogP contribution < -0.4 is 4.74 Å². The van der Waals surface area contributed by atoms with Gasteiger partial charge in [-0.15, -0.1) is 0 Å². The number of halogens is 3. The number of carbonyl (C=O) groups is 1. The molecule has 0 saturated carbocycles. The number of hydrogen-bond acceptors (Lipinski definition) is 5. The van der Waals surface area contributed by atoms with Crippen LogP contribution in [0.4, 0.5) is 18.9 Å². The summed E-state index contributed by atoms with van der Waals surface area (Å²) in [4.78, 5) is 22.0. The molecule has 2 aromatic carbocycles. The van der Waals surface area contributed by atoms with Gasteiger partial charge in [0.1, 0.15) is 17.4 Å². The number of nitro groups is 1. The monoisotopic (exact) mass is 369 g/mol.